The van der Waals surface area contributed by atoms with Crippen LogP contribution in [0.25, 0.3) is 22.0 Å². The van der Waals surface area contributed by atoms with E-state index < -0.39 is 5.79 Å². The van der Waals surface area contributed by atoms with E-state index in [4.69, 9.17) is 9.47 Å². The standard InChI is InChI=1S/C24H19NO3/c26-23-16-20(17-7-3-1-4-8-17)21-15-19(11-12-22(21)25-23)24(27-13-14-28-24)18-9-5-2-6-10-18/h1-12,15-16H,13-14H2,(H,25,26). The van der Waals surface area contributed by atoms with E-state index in [0.717, 1.165) is 33.2 Å². The number of aromatic amines is 1. The van der Waals surface area contributed by atoms with Crippen LogP contribution in [0.5, 0.6) is 0 Å². The van der Waals surface area contributed by atoms with Gasteiger partial charge in [-0.3, -0.25) is 4.79 Å². The Hall–Kier alpha value is -3.21. The zero-order valence-corrected chi connectivity index (χ0v) is 15.2. The van der Waals surface area contributed by atoms with Crippen LogP contribution < -0.4 is 5.56 Å². The molecule has 0 spiro atoms. The number of pyridine rings is 1. The summed E-state index contributed by atoms with van der Waals surface area (Å²) in [4.78, 5) is 15.1. The van der Waals surface area contributed by atoms with Gasteiger partial charge in [-0.05, 0) is 23.3 Å². The Kier molecular flexibility index (Phi) is 4.08. The molecule has 0 amide bonds. The fraction of sp³-hybridized carbons (Fsp3) is 0.125. The average Bonchev–Trinajstić information content (AvgIpc) is 3.25. The van der Waals surface area contributed by atoms with Crippen molar-refractivity contribution in [1.29, 1.82) is 0 Å². The summed E-state index contributed by atoms with van der Waals surface area (Å²) < 4.78 is 12.3. The van der Waals surface area contributed by atoms with Gasteiger partial charge in [0.1, 0.15) is 0 Å². The first-order valence-corrected chi connectivity index (χ1v) is 9.33. The summed E-state index contributed by atoms with van der Waals surface area (Å²) in [5.74, 6) is -0.931. The molecule has 28 heavy (non-hydrogen) atoms. The molecule has 138 valence electrons. The van der Waals surface area contributed by atoms with Gasteiger partial charge < -0.3 is 14.5 Å². The number of ether oxygens (including phenoxy) is 2. The molecule has 0 bridgehead atoms. The molecule has 0 aliphatic carbocycles. The number of rotatable bonds is 3. The third-order valence-corrected chi connectivity index (χ3v) is 5.16. The summed E-state index contributed by atoms with van der Waals surface area (Å²) in [5, 5.41) is 0.956. The molecule has 1 N–H and O–H groups in total. The lowest BCUT2D eigenvalue weighted by Gasteiger charge is -2.28. The summed E-state index contributed by atoms with van der Waals surface area (Å²) in [5.41, 5.74) is 4.42. The van der Waals surface area contributed by atoms with Crippen LogP contribution in [0, 0.1) is 0 Å². The molecule has 1 aromatic heterocycles. The second-order valence-corrected chi connectivity index (χ2v) is 6.85. The average molecular weight is 369 g/mol. The minimum absolute atomic E-state index is 0.120. The Morgan fingerprint density at radius 1 is 0.750 bits per heavy atom. The van der Waals surface area contributed by atoms with Crippen LogP contribution in [0.2, 0.25) is 0 Å². The van der Waals surface area contributed by atoms with Gasteiger partial charge in [0.2, 0.25) is 11.3 Å². The van der Waals surface area contributed by atoms with Gasteiger partial charge in [-0.25, -0.2) is 0 Å². The maximum atomic E-state index is 12.2. The Morgan fingerprint density at radius 3 is 2.14 bits per heavy atom. The lowest BCUT2D eigenvalue weighted by molar-refractivity contribution is -0.129. The highest BCUT2D eigenvalue weighted by Gasteiger charge is 2.40. The van der Waals surface area contributed by atoms with E-state index in [9.17, 15) is 4.79 Å². The quantitative estimate of drug-likeness (QED) is 0.581. The summed E-state index contributed by atoms with van der Waals surface area (Å²) in [7, 11) is 0. The number of nitrogens with one attached hydrogen (secondary N) is 1. The van der Waals surface area contributed by atoms with Gasteiger partial charge in [0.15, 0.2) is 0 Å². The molecular formula is C24H19NO3. The van der Waals surface area contributed by atoms with Crippen molar-refractivity contribution in [3.8, 4) is 11.1 Å². The molecule has 1 saturated heterocycles. The van der Waals surface area contributed by atoms with Crippen LogP contribution in [-0.4, -0.2) is 18.2 Å². The Labute approximate surface area is 162 Å². The first kappa shape index (κ1) is 16.9. The van der Waals surface area contributed by atoms with Crippen molar-refractivity contribution < 1.29 is 9.47 Å². The molecule has 4 nitrogen and oxygen atoms in total. The van der Waals surface area contributed by atoms with Crippen LogP contribution in [0.1, 0.15) is 11.1 Å². The lowest BCUT2D eigenvalue weighted by Crippen LogP contribution is -2.28. The second kappa shape index (κ2) is 6.75. The minimum Gasteiger partial charge on any atom is -0.340 e. The van der Waals surface area contributed by atoms with E-state index in [1.165, 1.54) is 0 Å². The summed E-state index contributed by atoms with van der Waals surface area (Å²) in [6.45, 7) is 1.06. The predicted octanol–water partition coefficient (Wildman–Crippen LogP) is 4.44. The Balaban J connectivity index is 1.76. The van der Waals surface area contributed by atoms with Crippen molar-refractivity contribution in [3.63, 3.8) is 0 Å². The van der Waals surface area contributed by atoms with E-state index in [-0.39, 0.29) is 5.56 Å². The SMILES string of the molecule is O=c1cc(-c2ccccc2)c2cc(C3(c4ccccc4)OCCO3)ccc2[nH]1. The molecule has 0 atom stereocenters. The second-order valence-electron chi connectivity index (χ2n) is 6.85. The zero-order chi connectivity index (χ0) is 19.0. The van der Waals surface area contributed by atoms with Crippen molar-refractivity contribution in [2.75, 3.05) is 13.2 Å². The van der Waals surface area contributed by atoms with Gasteiger partial charge in [0.05, 0.1) is 13.2 Å². The maximum Gasteiger partial charge on any atom is 0.249 e. The van der Waals surface area contributed by atoms with E-state index >= 15 is 0 Å². The third-order valence-electron chi connectivity index (χ3n) is 5.16. The number of aromatic nitrogens is 1. The molecule has 1 aliphatic rings. The number of H-pyrrole nitrogens is 1. The monoisotopic (exact) mass is 369 g/mol. The van der Waals surface area contributed by atoms with Crippen molar-refractivity contribution >= 4 is 10.9 Å². The largest absolute Gasteiger partial charge is 0.340 e. The molecule has 4 aromatic rings. The highest BCUT2D eigenvalue weighted by molar-refractivity contribution is 5.94. The first-order chi connectivity index (χ1) is 13.8. The van der Waals surface area contributed by atoms with E-state index in [1.54, 1.807) is 6.07 Å². The topological polar surface area (TPSA) is 51.3 Å². The normalized spacial score (nSPS) is 15.7. The molecule has 0 unspecified atom stereocenters. The van der Waals surface area contributed by atoms with E-state index in [0.29, 0.717) is 13.2 Å². The molecule has 0 saturated carbocycles. The van der Waals surface area contributed by atoms with Crippen LogP contribution in [0.3, 0.4) is 0 Å². The van der Waals surface area contributed by atoms with E-state index in [1.807, 2.05) is 72.8 Å². The third kappa shape index (κ3) is 2.74. The Morgan fingerprint density at radius 2 is 1.43 bits per heavy atom. The van der Waals surface area contributed by atoms with Gasteiger partial charge >= 0.3 is 0 Å². The molecule has 1 fully saturated rings. The van der Waals surface area contributed by atoms with Gasteiger partial charge in [0, 0.05) is 28.1 Å². The smallest absolute Gasteiger partial charge is 0.249 e. The van der Waals surface area contributed by atoms with Gasteiger partial charge in [0.25, 0.3) is 0 Å². The fourth-order valence-corrected chi connectivity index (χ4v) is 3.89. The van der Waals surface area contributed by atoms with Crippen molar-refractivity contribution in [2.45, 2.75) is 5.79 Å². The highest BCUT2D eigenvalue weighted by Crippen LogP contribution is 2.40. The molecule has 0 radical (unpaired) electrons. The van der Waals surface area contributed by atoms with Gasteiger partial charge in [-0.1, -0.05) is 66.7 Å². The maximum absolute atomic E-state index is 12.2. The molecular weight excluding hydrogens is 350 g/mol. The van der Waals surface area contributed by atoms with Crippen molar-refractivity contribution in [1.82, 2.24) is 4.98 Å². The van der Waals surface area contributed by atoms with Crippen molar-refractivity contribution in [2.24, 2.45) is 0 Å². The van der Waals surface area contributed by atoms with Crippen LogP contribution >= 0.6 is 0 Å². The zero-order valence-electron chi connectivity index (χ0n) is 15.2. The molecule has 1 aliphatic heterocycles. The summed E-state index contributed by atoms with van der Waals surface area (Å²) >= 11 is 0. The van der Waals surface area contributed by atoms with Crippen LogP contribution in [0.4, 0.5) is 0 Å². The van der Waals surface area contributed by atoms with Gasteiger partial charge in [-0.15, -0.1) is 0 Å². The number of benzene rings is 3. The molecule has 3 aromatic carbocycles. The van der Waals surface area contributed by atoms with Gasteiger partial charge in [-0.2, -0.15) is 0 Å². The van der Waals surface area contributed by atoms with Crippen LogP contribution in [0.15, 0.2) is 89.7 Å². The molecule has 2 heterocycles. The minimum atomic E-state index is -0.931. The fourth-order valence-electron chi connectivity index (χ4n) is 3.89. The molecule has 5 rings (SSSR count). The number of hydrogen-bond acceptors (Lipinski definition) is 3. The summed E-state index contributed by atoms with van der Waals surface area (Å²) in [6.07, 6.45) is 0. The first-order valence-electron chi connectivity index (χ1n) is 9.33. The van der Waals surface area contributed by atoms with E-state index in [2.05, 4.69) is 11.1 Å². The van der Waals surface area contributed by atoms with Crippen molar-refractivity contribution in [3.05, 3.63) is 106 Å². The molecule has 4 heteroatoms. The number of hydrogen-bond donors (Lipinski definition) is 1. The van der Waals surface area contributed by atoms with Crippen LogP contribution in [-0.2, 0) is 15.3 Å². The Bertz CT molecular complexity index is 1180. The lowest BCUT2D eigenvalue weighted by atomic mass is 9.93. The summed E-state index contributed by atoms with van der Waals surface area (Å²) in [6, 6.07) is 27.5. The highest BCUT2D eigenvalue weighted by atomic mass is 16.7. The number of fused-ring (bicyclic) bond motifs is 1. The predicted molar refractivity (Wildman–Crippen MR) is 109 cm³/mol.